The Kier molecular flexibility index (Phi) is 4.88. The third-order valence-electron chi connectivity index (χ3n) is 6.87. The molecule has 0 unspecified atom stereocenters. The number of nitro benzene ring substituents is 1. The fourth-order valence-electron chi connectivity index (χ4n) is 5.00. The van der Waals surface area contributed by atoms with Crippen molar-refractivity contribution in [3.05, 3.63) is 130 Å². The maximum atomic E-state index is 11.2. The van der Waals surface area contributed by atoms with E-state index in [0.29, 0.717) is 0 Å². The Labute approximate surface area is 203 Å². The number of nitrogens with zero attached hydrogens (tertiary/aromatic N) is 3. The van der Waals surface area contributed by atoms with Gasteiger partial charge in [0.2, 0.25) is 5.72 Å². The number of rotatable bonds is 4. The molecule has 4 aromatic carbocycles. The molecule has 172 valence electrons. The van der Waals surface area contributed by atoms with Crippen LogP contribution >= 0.6 is 0 Å². The summed E-state index contributed by atoms with van der Waals surface area (Å²) in [5.74, 6) is 0.811. The molecule has 6 heteroatoms. The van der Waals surface area contributed by atoms with Crippen molar-refractivity contribution in [3.63, 3.8) is 0 Å². The van der Waals surface area contributed by atoms with Crippen molar-refractivity contribution in [2.45, 2.75) is 25.1 Å². The van der Waals surface area contributed by atoms with Crippen LogP contribution in [-0.4, -0.2) is 15.6 Å². The van der Waals surface area contributed by atoms with E-state index in [1.54, 1.807) is 12.1 Å². The average molecular weight is 462 g/mol. The van der Waals surface area contributed by atoms with Gasteiger partial charge in [-0.3, -0.25) is 10.1 Å². The van der Waals surface area contributed by atoms with Gasteiger partial charge in [0.05, 0.1) is 16.7 Å². The summed E-state index contributed by atoms with van der Waals surface area (Å²) in [5.41, 5.74) is 5.45. The van der Waals surface area contributed by atoms with Gasteiger partial charge in [0.25, 0.3) is 5.69 Å². The van der Waals surface area contributed by atoms with Crippen LogP contribution in [0.15, 0.2) is 108 Å². The highest BCUT2D eigenvalue weighted by atomic mass is 16.6. The summed E-state index contributed by atoms with van der Waals surface area (Å²) in [5, 5.41) is 18.2. The highest BCUT2D eigenvalue weighted by Gasteiger charge is 2.48. The highest BCUT2D eigenvalue weighted by Crippen LogP contribution is 2.50. The predicted molar refractivity (Wildman–Crippen MR) is 135 cm³/mol. The van der Waals surface area contributed by atoms with Gasteiger partial charge in [-0.05, 0) is 34.9 Å². The van der Waals surface area contributed by atoms with Crippen LogP contribution in [0.1, 0.15) is 36.1 Å². The fraction of sp³-hybridized carbons (Fsp3) is 0.138. The van der Waals surface area contributed by atoms with Crippen molar-refractivity contribution < 1.29 is 9.66 Å². The molecule has 0 spiro atoms. The molecule has 2 aliphatic rings. The van der Waals surface area contributed by atoms with Crippen molar-refractivity contribution in [2.75, 3.05) is 0 Å². The second kappa shape index (κ2) is 8.09. The Hall–Kier alpha value is -4.45. The third-order valence-corrected chi connectivity index (χ3v) is 6.87. The zero-order chi connectivity index (χ0) is 24.0. The van der Waals surface area contributed by atoms with Crippen molar-refractivity contribution in [1.29, 1.82) is 0 Å². The van der Waals surface area contributed by atoms with Crippen LogP contribution in [0.2, 0.25) is 0 Å². The third kappa shape index (κ3) is 3.54. The minimum Gasteiger partial charge on any atom is -0.462 e. The van der Waals surface area contributed by atoms with Gasteiger partial charge >= 0.3 is 0 Å². The Balaban J connectivity index is 1.39. The lowest BCUT2D eigenvalue weighted by molar-refractivity contribution is -0.384. The van der Waals surface area contributed by atoms with E-state index in [2.05, 4.69) is 42.5 Å². The van der Waals surface area contributed by atoms with Gasteiger partial charge in [0, 0.05) is 36.6 Å². The molecule has 0 radical (unpaired) electrons. The maximum Gasteiger partial charge on any atom is 0.269 e. The predicted octanol–water partition coefficient (Wildman–Crippen LogP) is 6.68. The summed E-state index contributed by atoms with van der Waals surface area (Å²) < 4.78 is 6.53. The van der Waals surface area contributed by atoms with Crippen molar-refractivity contribution in [2.24, 2.45) is 5.10 Å². The zero-order valence-corrected chi connectivity index (χ0v) is 19.2. The number of hydrogen-bond donors (Lipinski definition) is 0. The lowest BCUT2D eigenvalue weighted by atomic mass is 9.92. The van der Waals surface area contributed by atoms with Crippen LogP contribution in [-0.2, 0) is 5.72 Å². The molecule has 4 aromatic rings. The second-order valence-corrected chi connectivity index (χ2v) is 8.98. The van der Waals surface area contributed by atoms with Crippen LogP contribution in [0.25, 0.3) is 11.1 Å². The minimum absolute atomic E-state index is 0.00365. The first kappa shape index (κ1) is 21.1. The molecule has 2 heterocycles. The van der Waals surface area contributed by atoms with E-state index >= 15 is 0 Å². The average Bonchev–Trinajstić information content (AvgIpc) is 3.36. The van der Waals surface area contributed by atoms with Crippen molar-refractivity contribution in [3.8, 4) is 16.9 Å². The van der Waals surface area contributed by atoms with Gasteiger partial charge in [0.1, 0.15) is 5.75 Å². The molecule has 2 aliphatic heterocycles. The molecule has 6 nitrogen and oxygen atoms in total. The van der Waals surface area contributed by atoms with E-state index in [9.17, 15) is 10.1 Å². The lowest BCUT2D eigenvalue weighted by Gasteiger charge is -2.45. The summed E-state index contributed by atoms with van der Waals surface area (Å²) >= 11 is 0. The van der Waals surface area contributed by atoms with Gasteiger partial charge in [-0.15, -0.1) is 0 Å². The van der Waals surface area contributed by atoms with Crippen LogP contribution in [0.5, 0.6) is 5.75 Å². The first-order chi connectivity index (χ1) is 17.0. The minimum atomic E-state index is -0.903. The standard InChI is InChI=1S/C29H23N3O3/c1-29(23-15-17-24(18-16-23)32(33)34)31-27(25-9-5-6-10-28(25)35-29)19-26(30-31)22-13-11-21(12-14-22)20-7-3-2-4-8-20/h2-18,27H,19H2,1H3/t27-,29-/m0/s1. The Morgan fingerprint density at radius 3 is 2.20 bits per heavy atom. The van der Waals surface area contributed by atoms with Crippen LogP contribution in [0.3, 0.4) is 0 Å². The molecule has 0 saturated heterocycles. The Bertz CT molecular complexity index is 1430. The highest BCUT2D eigenvalue weighted by molar-refractivity contribution is 6.02. The van der Waals surface area contributed by atoms with Gasteiger partial charge < -0.3 is 4.74 Å². The van der Waals surface area contributed by atoms with Gasteiger partial charge in [-0.1, -0.05) is 72.8 Å². The van der Waals surface area contributed by atoms with Gasteiger partial charge in [-0.25, -0.2) is 5.01 Å². The van der Waals surface area contributed by atoms with Crippen LogP contribution in [0, 0.1) is 10.1 Å². The number of fused-ring (bicyclic) bond motifs is 3. The first-order valence-electron chi connectivity index (χ1n) is 11.6. The van der Waals surface area contributed by atoms with E-state index in [0.717, 1.165) is 40.1 Å². The smallest absolute Gasteiger partial charge is 0.269 e. The normalized spacial score (nSPS) is 20.4. The topological polar surface area (TPSA) is 68.0 Å². The molecule has 35 heavy (non-hydrogen) atoms. The summed E-state index contributed by atoms with van der Waals surface area (Å²) in [6.07, 6.45) is 0.744. The number of benzene rings is 4. The monoisotopic (exact) mass is 461 g/mol. The number of hydrazone groups is 1. The SMILES string of the molecule is C[C@@]1(c2ccc([N+](=O)[O-])cc2)Oc2ccccc2[C@@H]2CC(c3ccc(-c4ccccc4)cc3)=NN21. The molecule has 0 N–H and O–H groups in total. The largest absolute Gasteiger partial charge is 0.462 e. The maximum absolute atomic E-state index is 11.2. The van der Waals surface area contributed by atoms with Crippen LogP contribution < -0.4 is 4.74 Å². The second-order valence-electron chi connectivity index (χ2n) is 8.98. The summed E-state index contributed by atoms with van der Waals surface area (Å²) in [7, 11) is 0. The van der Waals surface area contributed by atoms with Gasteiger partial charge in [-0.2, -0.15) is 5.10 Å². The molecule has 6 rings (SSSR count). The lowest BCUT2D eigenvalue weighted by Crippen LogP contribution is -2.48. The van der Waals surface area contributed by atoms with E-state index in [-0.39, 0.29) is 11.7 Å². The van der Waals surface area contributed by atoms with Crippen LogP contribution in [0.4, 0.5) is 5.69 Å². The molecule has 0 aliphatic carbocycles. The number of nitro groups is 1. The van der Waals surface area contributed by atoms with E-state index < -0.39 is 10.6 Å². The fourth-order valence-corrected chi connectivity index (χ4v) is 5.00. The Morgan fingerprint density at radius 1 is 0.857 bits per heavy atom. The molecule has 0 fully saturated rings. The van der Waals surface area contributed by atoms with E-state index in [4.69, 9.17) is 9.84 Å². The van der Waals surface area contributed by atoms with Gasteiger partial charge in [0.15, 0.2) is 0 Å². The zero-order valence-electron chi connectivity index (χ0n) is 19.2. The molecular formula is C29H23N3O3. The molecular weight excluding hydrogens is 438 g/mol. The molecule has 0 amide bonds. The number of ether oxygens (including phenoxy) is 1. The van der Waals surface area contributed by atoms with E-state index in [1.807, 2.05) is 48.3 Å². The Morgan fingerprint density at radius 2 is 1.49 bits per heavy atom. The van der Waals surface area contributed by atoms with Crippen molar-refractivity contribution >= 4 is 11.4 Å². The molecule has 2 atom stereocenters. The first-order valence-corrected chi connectivity index (χ1v) is 11.6. The summed E-state index contributed by atoms with van der Waals surface area (Å²) in [6, 6.07) is 33.4. The quantitative estimate of drug-likeness (QED) is 0.251. The van der Waals surface area contributed by atoms with E-state index in [1.165, 1.54) is 17.7 Å². The summed E-state index contributed by atoms with van der Waals surface area (Å²) in [4.78, 5) is 10.8. The summed E-state index contributed by atoms with van der Waals surface area (Å²) in [6.45, 7) is 1.97. The molecule has 0 bridgehead atoms. The number of para-hydroxylation sites is 1. The number of non-ortho nitro benzene ring substituents is 1. The molecule has 0 aromatic heterocycles. The number of hydrogen-bond acceptors (Lipinski definition) is 5. The van der Waals surface area contributed by atoms with Crippen molar-refractivity contribution in [1.82, 2.24) is 5.01 Å². The molecule has 0 saturated carbocycles.